The molecule has 0 spiro atoms. The van der Waals surface area contributed by atoms with Gasteiger partial charge in [-0.25, -0.2) is 0 Å². The van der Waals surface area contributed by atoms with Gasteiger partial charge in [-0.2, -0.15) is 0 Å². The number of allylic oxidation sites excluding steroid dienone is 3. The zero-order valence-corrected chi connectivity index (χ0v) is 28.7. The number of esters is 1. The molecule has 45 heavy (non-hydrogen) atoms. The van der Waals surface area contributed by atoms with E-state index in [1.165, 1.54) is 0 Å². The third-order valence-electron chi connectivity index (χ3n) is 14.3. The molecule has 4 aliphatic carbocycles. The molecular weight excluding hydrogens is 572 g/mol. The molecule has 0 aromatic carbocycles. The number of carbonyl (C=O) groups excluding carboxylic acids is 1. The third kappa shape index (κ3) is 5.47. The molecule has 0 unspecified atom stereocenters. The van der Waals surface area contributed by atoms with E-state index in [9.17, 15) is 30.3 Å². The Bertz CT molecular complexity index is 1170. The minimum Gasteiger partial charge on any atom is -0.432 e. The van der Waals surface area contributed by atoms with Crippen molar-refractivity contribution in [2.45, 2.75) is 149 Å². The zero-order valence-electron chi connectivity index (χ0n) is 28.7. The van der Waals surface area contributed by atoms with E-state index in [-0.39, 0.29) is 39.6 Å². The van der Waals surface area contributed by atoms with E-state index >= 15 is 0 Å². The second kappa shape index (κ2) is 12.3. The highest BCUT2D eigenvalue weighted by atomic mass is 16.7. The predicted molar refractivity (Wildman–Crippen MR) is 172 cm³/mol. The van der Waals surface area contributed by atoms with Crippen molar-refractivity contribution < 1.29 is 39.8 Å². The largest absolute Gasteiger partial charge is 0.432 e. The van der Waals surface area contributed by atoms with Crippen LogP contribution in [0.4, 0.5) is 0 Å². The number of hydrogen-bond acceptors (Lipinski definition) is 8. The molecule has 8 nitrogen and oxygen atoms in total. The number of aliphatic hydroxyl groups is 5. The lowest BCUT2D eigenvalue weighted by Crippen LogP contribution is -2.59. The molecule has 1 heterocycles. The first-order chi connectivity index (χ1) is 20.9. The fourth-order valence-electron chi connectivity index (χ4n) is 10.8. The lowest BCUT2D eigenvalue weighted by atomic mass is 9.43. The van der Waals surface area contributed by atoms with Crippen LogP contribution in [0, 0.1) is 45.3 Å². The molecule has 12 atom stereocenters. The molecule has 5 N–H and O–H groups in total. The maximum atomic E-state index is 14.2. The van der Waals surface area contributed by atoms with Crippen LogP contribution >= 0.6 is 0 Å². The van der Waals surface area contributed by atoms with Gasteiger partial charge in [-0.3, -0.25) is 4.79 Å². The van der Waals surface area contributed by atoms with E-state index in [0.717, 1.165) is 56.9 Å². The van der Waals surface area contributed by atoms with E-state index < -0.39 is 49.2 Å². The molecule has 0 aromatic rings. The van der Waals surface area contributed by atoms with Gasteiger partial charge in [0.05, 0.1) is 18.6 Å². The molecule has 1 aliphatic heterocycles. The molecule has 0 radical (unpaired) electrons. The number of carbonyl (C=O) groups is 1. The van der Waals surface area contributed by atoms with Gasteiger partial charge in [-0.1, -0.05) is 71.8 Å². The first kappa shape index (κ1) is 35.0. The highest BCUT2D eigenvalue weighted by molar-refractivity contribution is 5.73. The average molecular weight is 633 g/mol. The fraction of sp³-hybridized carbons (Fsp3) is 0.865. The summed E-state index contributed by atoms with van der Waals surface area (Å²) in [5.74, 6) is -0.152. The van der Waals surface area contributed by atoms with Crippen LogP contribution in [0.1, 0.15) is 113 Å². The Hall–Kier alpha value is -1.29. The summed E-state index contributed by atoms with van der Waals surface area (Å²) in [6, 6.07) is 0. The van der Waals surface area contributed by atoms with Crippen LogP contribution < -0.4 is 0 Å². The topological polar surface area (TPSA) is 137 Å². The van der Waals surface area contributed by atoms with Crippen molar-refractivity contribution in [3.63, 3.8) is 0 Å². The smallest absolute Gasteiger partial charge is 0.311 e. The number of hydrogen-bond donors (Lipinski definition) is 5. The lowest BCUT2D eigenvalue weighted by molar-refractivity contribution is -0.294. The van der Waals surface area contributed by atoms with Gasteiger partial charge in [0.25, 0.3) is 0 Å². The molecule has 3 fully saturated rings. The number of rotatable bonds is 8. The van der Waals surface area contributed by atoms with Crippen molar-refractivity contribution in [3.8, 4) is 0 Å². The van der Waals surface area contributed by atoms with Crippen molar-refractivity contribution >= 4 is 5.97 Å². The summed E-state index contributed by atoms with van der Waals surface area (Å²) in [4.78, 5) is 14.2. The van der Waals surface area contributed by atoms with Crippen LogP contribution in [0.5, 0.6) is 0 Å². The maximum absolute atomic E-state index is 14.2. The van der Waals surface area contributed by atoms with Gasteiger partial charge in [0.15, 0.2) is 0 Å². The predicted octanol–water partition coefficient (Wildman–Crippen LogP) is 5.05. The van der Waals surface area contributed by atoms with Crippen molar-refractivity contribution in [1.82, 2.24) is 0 Å². The van der Waals surface area contributed by atoms with Gasteiger partial charge in [0, 0.05) is 0 Å². The minimum atomic E-state index is -1.63. The molecule has 0 aromatic heterocycles. The quantitative estimate of drug-likeness (QED) is 0.185. The van der Waals surface area contributed by atoms with Crippen molar-refractivity contribution in [2.75, 3.05) is 6.61 Å². The van der Waals surface area contributed by atoms with Crippen molar-refractivity contribution in [2.24, 2.45) is 45.3 Å². The first-order valence-electron chi connectivity index (χ1n) is 17.5. The minimum absolute atomic E-state index is 0.0454. The average Bonchev–Trinajstić information content (AvgIpc) is 3.26. The van der Waals surface area contributed by atoms with Gasteiger partial charge in [-0.15, -0.1) is 0 Å². The van der Waals surface area contributed by atoms with Crippen molar-refractivity contribution in [1.29, 1.82) is 0 Å². The first-order valence-corrected chi connectivity index (χ1v) is 17.5. The summed E-state index contributed by atoms with van der Waals surface area (Å²) in [6.45, 7) is 19.7. The highest BCUT2D eigenvalue weighted by Crippen LogP contribution is 2.72. The standard InChI is InChI=1S/C37H60O8/c1-20(2)21(3)9-10-22(32(43)45-33-31(42)30(41)29(40)26(19-38)44-33)23-13-17-37(8)25-11-12-27-34(4,5)28(39)15-16-35(27,6)24(25)14-18-36(23,37)7/h20,22-23,26-31,33,38-42H,3,9-19H2,1-2,4-8H3/t22-,23-,26-,27+,28+,29-,30+,31-,33+,35-,36-,37+/m1/s1. The second-order valence-corrected chi connectivity index (χ2v) is 16.8. The molecule has 2 saturated carbocycles. The molecule has 256 valence electrons. The highest BCUT2D eigenvalue weighted by Gasteiger charge is 2.64. The zero-order chi connectivity index (χ0) is 33.3. The summed E-state index contributed by atoms with van der Waals surface area (Å²) < 4.78 is 11.4. The van der Waals surface area contributed by atoms with Gasteiger partial charge in [-0.05, 0) is 104 Å². The van der Waals surface area contributed by atoms with Crippen LogP contribution in [-0.4, -0.2) is 74.9 Å². The Kier molecular flexibility index (Phi) is 9.58. The Labute approximate surface area is 270 Å². The van der Waals surface area contributed by atoms with E-state index in [1.807, 2.05) is 0 Å². The lowest BCUT2D eigenvalue weighted by Gasteiger charge is -2.62. The van der Waals surface area contributed by atoms with E-state index in [2.05, 4.69) is 55.0 Å². The molecule has 0 amide bonds. The Morgan fingerprint density at radius 3 is 2.27 bits per heavy atom. The van der Waals surface area contributed by atoms with Gasteiger partial charge in [0.2, 0.25) is 6.29 Å². The molecule has 8 heteroatoms. The van der Waals surface area contributed by atoms with Crippen LogP contribution in [0.3, 0.4) is 0 Å². The van der Waals surface area contributed by atoms with Gasteiger partial charge >= 0.3 is 5.97 Å². The SMILES string of the molecule is C=C(CC[C@@H](C(=O)O[C@@H]1O[C@H](CO)[C@@H](O)[C@H](O)[C@H]1O)[C@H]1CC[C@@]2(C)C3=C(CC[C@]12C)[C@@]1(C)CC[C@H](O)C(C)(C)[C@@H]1CC3)C(C)C. The van der Waals surface area contributed by atoms with Crippen LogP contribution in [-0.2, 0) is 14.3 Å². The van der Waals surface area contributed by atoms with E-state index in [4.69, 9.17) is 9.47 Å². The van der Waals surface area contributed by atoms with Crippen LogP contribution in [0.15, 0.2) is 23.3 Å². The second-order valence-electron chi connectivity index (χ2n) is 16.8. The van der Waals surface area contributed by atoms with Crippen LogP contribution in [0.25, 0.3) is 0 Å². The molecule has 1 saturated heterocycles. The monoisotopic (exact) mass is 632 g/mol. The third-order valence-corrected chi connectivity index (χ3v) is 14.3. The molecular formula is C37H60O8. The van der Waals surface area contributed by atoms with Gasteiger partial charge < -0.3 is 35.0 Å². The van der Waals surface area contributed by atoms with E-state index in [1.54, 1.807) is 11.1 Å². The molecule has 5 rings (SSSR count). The van der Waals surface area contributed by atoms with E-state index in [0.29, 0.717) is 18.8 Å². The Balaban J connectivity index is 1.45. The number of ether oxygens (including phenoxy) is 2. The normalized spacial score (nSPS) is 45.0. The molecule has 0 bridgehead atoms. The van der Waals surface area contributed by atoms with Crippen LogP contribution in [0.2, 0.25) is 0 Å². The fourth-order valence-corrected chi connectivity index (χ4v) is 10.8. The summed E-state index contributed by atoms with van der Waals surface area (Å²) >= 11 is 0. The maximum Gasteiger partial charge on any atom is 0.311 e. The summed E-state index contributed by atoms with van der Waals surface area (Å²) in [5, 5.41) is 51.9. The molecule has 5 aliphatic rings. The number of aliphatic hydroxyl groups excluding tert-OH is 5. The van der Waals surface area contributed by atoms with Gasteiger partial charge in [0.1, 0.15) is 24.4 Å². The summed E-state index contributed by atoms with van der Waals surface area (Å²) in [6.07, 6.45) is 1.44. The Morgan fingerprint density at radius 1 is 0.933 bits per heavy atom. The van der Waals surface area contributed by atoms with Crippen molar-refractivity contribution in [3.05, 3.63) is 23.3 Å². The summed E-state index contributed by atoms with van der Waals surface area (Å²) in [5.41, 5.74) is 4.05. The summed E-state index contributed by atoms with van der Waals surface area (Å²) in [7, 11) is 0. The Morgan fingerprint density at radius 2 is 1.62 bits per heavy atom. The number of fused-ring (bicyclic) bond motifs is 4.